The van der Waals surface area contributed by atoms with Gasteiger partial charge in [0.05, 0.1) is 5.75 Å². The highest BCUT2D eigenvalue weighted by Gasteiger charge is 2.23. The lowest BCUT2D eigenvalue weighted by atomic mass is 9.96. The van der Waals surface area contributed by atoms with Gasteiger partial charge in [-0.1, -0.05) is 47.4 Å². The molecule has 1 saturated heterocycles. The summed E-state index contributed by atoms with van der Waals surface area (Å²) in [5.41, 5.74) is 8.39. The van der Waals surface area contributed by atoms with E-state index in [4.69, 9.17) is 5.73 Å². The second-order valence-electron chi connectivity index (χ2n) is 7.45. The van der Waals surface area contributed by atoms with Crippen LogP contribution in [0.15, 0.2) is 28.6 Å². The Hall–Kier alpha value is -1.64. The summed E-state index contributed by atoms with van der Waals surface area (Å²) < 4.78 is 0.749. The zero-order valence-corrected chi connectivity index (χ0v) is 18.3. The Morgan fingerprint density at radius 3 is 2.96 bits per heavy atom. The molecule has 1 aliphatic rings. The first kappa shape index (κ1) is 21.1. The molecule has 1 aliphatic heterocycles. The van der Waals surface area contributed by atoms with Gasteiger partial charge >= 0.3 is 0 Å². The minimum atomic E-state index is 0.135. The number of hydrogen-bond acceptors (Lipinski definition) is 7. The van der Waals surface area contributed by atoms with Crippen molar-refractivity contribution in [2.45, 2.75) is 30.5 Å². The van der Waals surface area contributed by atoms with Gasteiger partial charge in [0.15, 0.2) is 4.34 Å². The van der Waals surface area contributed by atoms with E-state index in [-0.39, 0.29) is 5.91 Å². The summed E-state index contributed by atoms with van der Waals surface area (Å²) in [5.74, 6) is 1.06. The highest BCUT2D eigenvalue weighted by atomic mass is 32.2. The van der Waals surface area contributed by atoms with Gasteiger partial charge in [-0.3, -0.25) is 4.79 Å². The fraction of sp³-hybridized carbons (Fsp3) is 0.550. The van der Waals surface area contributed by atoms with E-state index < -0.39 is 0 Å². The van der Waals surface area contributed by atoms with Crippen LogP contribution in [0.1, 0.15) is 24.0 Å². The molecule has 1 fully saturated rings. The van der Waals surface area contributed by atoms with E-state index in [1.54, 1.807) is 0 Å². The number of piperidine rings is 1. The second-order valence-corrected chi connectivity index (χ2v) is 9.69. The quantitative estimate of drug-likeness (QED) is 0.663. The van der Waals surface area contributed by atoms with Crippen LogP contribution in [0.3, 0.4) is 0 Å². The fourth-order valence-electron chi connectivity index (χ4n) is 3.67. The van der Waals surface area contributed by atoms with Gasteiger partial charge in [-0.15, -0.1) is 10.2 Å². The molecule has 0 aliphatic carbocycles. The molecular weight excluding hydrogens is 390 g/mol. The number of benzene rings is 1. The average Bonchev–Trinajstić information content (AvgIpc) is 3.11. The highest BCUT2D eigenvalue weighted by molar-refractivity contribution is 8.01. The van der Waals surface area contributed by atoms with Crippen LogP contribution in [0, 0.1) is 12.8 Å². The summed E-state index contributed by atoms with van der Waals surface area (Å²) in [6.07, 6.45) is 3.49. The molecule has 1 aromatic carbocycles. The van der Waals surface area contributed by atoms with Crippen LogP contribution in [0.5, 0.6) is 0 Å². The smallest absolute Gasteiger partial charge is 0.232 e. The third kappa shape index (κ3) is 6.18. The number of nitrogens with zero attached hydrogens (tertiary/aromatic N) is 4. The van der Waals surface area contributed by atoms with E-state index in [1.165, 1.54) is 47.1 Å². The molecule has 152 valence electrons. The van der Waals surface area contributed by atoms with E-state index in [9.17, 15) is 4.79 Å². The van der Waals surface area contributed by atoms with Crippen molar-refractivity contribution in [1.29, 1.82) is 0 Å². The molecule has 6 nitrogen and oxygen atoms in total. The van der Waals surface area contributed by atoms with Gasteiger partial charge in [0.2, 0.25) is 11.0 Å². The average molecular weight is 420 g/mol. The molecule has 1 unspecified atom stereocenters. The lowest BCUT2D eigenvalue weighted by Gasteiger charge is -2.34. The van der Waals surface area contributed by atoms with Crippen LogP contribution in [0.2, 0.25) is 0 Å². The maximum absolute atomic E-state index is 12.4. The van der Waals surface area contributed by atoms with Gasteiger partial charge in [0, 0.05) is 26.7 Å². The second kappa shape index (κ2) is 10.2. The monoisotopic (exact) mass is 419 g/mol. The van der Waals surface area contributed by atoms with Gasteiger partial charge in [0.25, 0.3) is 0 Å². The number of carbonyl (C=O) groups excluding carboxylic acids is 1. The molecular formula is C20H29N5OS2. The first-order chi connectivity index (χ1) is 13.5. The zero-order valence-electron chi connectivity index (χ0n) is 16.6. The molecule has 3 rings (SSSR count). The van der Waals surface area contributed by atoms with Crippen molar-refractivity contribution in [2.24, 2.45) is 5.92 Å². The van der Waals surface area contributed by atoms with Crippen molar-refractivity contribution in [3.8, 4) is 0 Å². The van der Waals surface area contributed by atoms with Gasteiger partial charge in [0.1, 0.15) is 0 Å². The van der Waals surface area contributed by atoms with E-state index in [0.29, 0.717) is 16.8 Å². The number of carbonyl (C=O) groups is 1. The number of aryl methyl sites for hydroxylation is 1. The Morgan fingerprint density at radius 2 is 2.21 bits per heavy atom. The summed E-state index contributed by atoms with van der Waals surface area (Å²) in [4.78, 5) is 16.9. The number of rotatable bonds is 8. The third-order valence-corrected chi connectivity index (χ3v) is 7.13. The maximum Gasteiger partial charge on any atom is 0.232 e. The summed E-state index contributed by atoms with van der Waals surface area (Å²) in [5, 5.41) is 8.18. The molecule has 2 N–H and O–H groups in total. The van der Waals surface area contributed by atoms with Crippen molar-refractivity contribution in [3.63, 3.8) is 0 Å². The van der Waals surface area contributed by atoms with Crippen LogP contribution >= 0.6 is 23.1 Å². The lowest BCUT2D eigenvalue weighted by Crippen LogP contribution is -2.42. The summed E-state index contributed by atoms with van der Waals surface area (Å²) in [6.45, 7) is 6.33. The van der Waals surface area contributed by atoms with E-state index in [0.717, 1.165) is 36.9 Å². The van der Waals surface area contributed by atoms with Crippen LogP contribution in [-0.2, 0) is 11.2 Å². The minimum absolute atomic E-state index is 0.135. The molecule has 28 heavy (non-hydrogen) atoms. The standard InChI is InChI=1S/C20H29N5OS2/c1-15-6-3-4-8-17(15)9-11-25-10-5-7-16(13-25)12-24(2)18(26)14-27-20-23-22-19(21)28-20/h3-4,6,8,16H,5,7,9-14H2,1-2H3,(H2,21,22). The molecule has 0 spiro atoms. The van der Waals surface area contributed by atoms with E-state index >= 15 is 0 Å². The number of aromatic nitrogens is 2. The Labute approximate surface area is 175 Å². The van der Waals surface area contributed by atoms with Gasteiger partial charge in [-0.2, -0.15) is 0 Å². The summed E-state index contributed by atoms with van der Waals surface area (Å²) >= 11 is 2.73. The van der Waals surface area contributed by atoms with Gasteiger partial charge < -0.3 is 15.5 Å². The van der Waals surface area contributed by atoms with Crippen molar-refractivity contribution in [2.75, 3.05) is 44.7 Å². The molecule has 2 heterocycles. The number of thioether (sulfide) groups is 1. The van der Waals surface area contributed by atoms with Gasteiger partial charge in [-0.05, 0) is 49.8 Å². The highest BCUT2D eigenvalue weighted by Crippen LogP contribution is 2.24. The largest absolute Gasteiger partial charge is 0.374 e. The Morgan fingerprint density at radius 1 is 1.39 bits per heavy atom. The number of likely N-dealkylation sites (tertiary alicyclic amines) is 1. The fourth-order valence-corrected chi connectivity index (χ4v) is 5.25. The zero-order chi connectivity index (χ0) is 19.9. The number of hydrogen-bond donors (Lipinski definition) is 1. The van der Waals surface area contributed by atoms with Crippen molar-refractivity contribution in [3.05, 3.63) is 35.4 Å². The minimum Gasteiger partial charge on any atom is -0.374 e. The first-order valence-corrected chi connectivity index (χ1v) is 11.5. The molecule has 8 heteroatoms. The molecule has 1 amide bonds. The maximum atomic E-state index is 12.4. The van der Waals surface area contributed by atoms with Crippen LogP contribution < -0.4 is 5.73 Å². The molecule has 0 bridgehead atoms. The summed E-state index contributed by atoms with van der Waals surface area (Å²) in [6, 6.07) is 8.63. The first-order valence-electron chi connectivity index (χ1n) is 9.74. The number of nitrogens with two attached hydrogens (primary N) is 1. The van der Waals surface area contributed by atoms with Crippen LogP contribution in [0.4, 0.5) is 5.13 Å². The van der Waals surface area contributed by atoms with Gasteiger partial charge in [-0.25, -0.2) is 0 Å². The number of anilines is 1. The van der Waals surface area contributed by atoms with Crippen LogP contribution in [-0.4, -0.2) is 64.9 Å². The van der Waals surface area contributed by atoms with Crippen molar-refractivity contribution >= 4 is 34.1 Å². The predicted molar refractivity (Wildman–Crippen MR) is 117 cm³/mol. The topological polar surface area (TPSA) is 75.3 Å². The van der Waals surface area contributed by atoms with Crippen molar-refractivity contribution in [1.82, 2.24) is 20.0 Å². The number of amides is 1. The third-order valence-electron chi connectivity index (χ3n) is 5.26. The van der Waals surface area contributed by atoms with E-state index in [2.05, 4.69) is 46.3 Å². The molecule has 2 aromatic rings. The normalized spacial score (nSPS) is 17.6. The predicted octanol–water partition coefficient (Wildman–Crippen LogP) is 2.93. The molecule has 1 aromatic heterocycles. The summed E-state index contributed by atoms with van der Waals surface area (Å²) in [7, 11) is 1.91. The molecule has 1 atom stereocenters. The Bertz CT molecular complexity index is 781. The Balaban J connectivity index is 1.42. The van der Waals surface area contributed by atoms with E-state index in [1.807, 2.05) is 11.9 Å². The lowest BCUT2D eigenvalue weighted by molar-refractivity contribution is -0.127. The van der Waals surface area contributed by atoms with Crippen molar-refractivity contribution < 1.29 is 4.79 Å². The SMILES string of the molecule is Cc1ccccc1CCN1CCCC(CN(C)C(=O)CSc2nnc(N)s2)C1. The number of nitrogen functional groups attached to an aromatic ring is 1. The Kier molecular flexibility index (Phi) is 7.70. The molecule has 0 radical (unpaired) electrons. The van der Waals surface area contributed by atoms with Crippen LogP contribution in [0.25, 0.3) is 0 Å². The molecule has 0 saturated carbocycles.